The van der Waals surface area contributed by atoms with Gasteiger partial charge in [-0.3, -0.25) is 4.79 Å². The molecule has 1 saturated heterocycles. The lowest BCUT2D eigenvalue weighted by Crippen LogP contribution is -2.32. The standard InChI is InChI=1S/C9H18N2O/c1-3-5-10-9(12)8-4-6-11(2)7-8/h8H,3-7H2,1-2H3,(H,10,12). The van der Waals surface area contributed by atoms with Crippen LogP contribution in [0.15, 0.2) is 0 Å². The summed E-state index contributed by atoms with van der Waals surface area (Å²) in [6.45, 7) is 4.87. The molecule has 1 amide bonds. The van der Waals surface area contributed by atoms with Crippen molar-refractivity contribution in [3.63, 3.8) is 0 Å². The summed E-state index contributed by atoms with van der Waals surface area (Å²) in [4.78, 5) is 13.6. The molecule has 0 aromatic rings. The van der Waals surface area contributed by atoms with Crippen LogP contribution in [0.5, 0.6) is 0 Å². The second-order valence-corrected chi connectivity index (χ2v) is 3.54. The van der Waals surface area contributed by atoms with Gasteiger partial charge < -0.3 is 10.2 Å². The minimum absolute atomic E-state index is 0.237. The fraction of sp³-hybridized carbons (Fsp3) is 0.889. The molecule has 1 fully saturated rings. The normalized spacial score (nSPS) is 24.3. The van der Waals surface area contributed by atoms with Crippen molar-refractivity contribution in [2.24, 2.45) is 5.92 Å². The second kappa shape index (κ2) is 4.45. The average molecular weight is 170 g/mol. The Morgan fingerprint density at radius 2 is 2.42 bits per heavy atom. The van der Waals surface area contributed by atoms with Crippen LogP contribution in [0.4, 0.5) is 0 Å². The number of amides is 1. The zero-order valence-corrected chi connectivity index (χ0v) is 7.97. The summed E-state index contributed by atoms with van der Waals surface area (Å²) in [5.41, 5.74) is 0. The highest BCUT2D eigenvalue weighted by Gasteiger charge is 2.25. The van der Waals surface area contributed by atoms with Gasteiger partial charge in [0.05, 0.1) is 5.92 Å². The lowest BCUT2D eigenvalue weighted by Gasteiger charge is -2.10. The Bertz CT molecular complexity index is 159. The smallest absolute Gasteiger partial charge is 0.224 e. The minimum Gasteiger partial charge on any atom is -0.356 e. The van der Waals surface area contributed by atoms with Gasteiger partial charge >= 0.3 is 0 Å². The molecule has 1 unspecified atom stereocenters. The Kier molecular flexibility index (Phi) is 3.53. The highest BCUT2D eigenvalue weighted by atomic mass is 16.1. The third-order valence-electron chi connectivity index (χ3n) is 2.31. The van der Waals surface area contributed by atoms with Gasteiger partial charge in [-0.05, 0) is 26.4 Å². The highest BCUT2D eigenvalue weighted by Crippen LogP contribution is 2.13. The zero-order valence-electron chi connectivity index (χ0n) is 7.97. The van der Waals surface area contributed by atoms with Crippen LogP contribution in [0.3, 0.4) is 0 Å². The lowest BCUT2D eigenvalue weighted by molar-refractivity contribution is -0.124. The van der Waals surface area contributed by atoms with E-state index in [9.17, 15) is 4.79 Å². The molecule has 70 valence electrons. The average Bonchev–Trinajstić information content (AvgIpc) is 2.47. The molecule has 0 spiro atoms. The van der Waals surface area contributed by atoms with Crippen molar-refractivity contribution >= 4 is 5.91 Å². The molecule has 0 bridgehead atoms. The molecule has 3 nitrogen and oxygen atoms in total. The van der Waals surface area contributed by atoms with E-state index in [2.05, 4.69) is 24.2 Å². The van der Waals surface area contributed by atoms with Crippen molar-refractivity contribution in [3.8, 4) is 0 Å². The Hall–Kier alpha value is -0.570. The monoisotopic (exact) mass is 170 g/mol. The van der Waals surface area contributed by atoms with E-state index in [1.165, 1.54) is 0 Å². The molecule has 12 heavy (non-hydrogen) atoms. The van der Waals surface area contributed by atoms with Crippen molar-refractivity contribution in [2.75, 3.05) is 26.7 Å². The van der Waals surface area contributed by atoms with Crippen LogP contribution in [0.2, 0.25) is 0 Å². The van der Waals surface area contributed by atoms with E-state index < -0.39 is 0 Å². The van der Waals surface area contributed by atoms with E-state index >= 15 is 0 Å². The first-order valence-electron chi connectivity index (χ1n) is 4.70. The Morgan fingerprint density at radius 3 is 2.92 bits per heavy atom. The molecule has 1 aliphatic heterocycles. The van der Waals surface area contributed by atoms with Gasteiger partial charge in [0, 0.05) is 13.1 Å². The van der Waals surface area contributed by atoms with E-state index in [0.29, 0.717) is 0 Å². The molecule has 1 N–H and O–H groups in total. The van der Waals surface area contributed by atoms with E-state index in [0.717, 1.165) is 32.5 Å². The molecule has 1 rings (SSSR count). The summed E-state index contributed by atoms with van der Waals surface area (Å²) in [5.74, 6) is 0.475. The van der Waals surface area contributed by atoms with Gasteiger partial charge in [-0.25, -0.2) is 0 Å². The van der Waals surface area contributed by atoms with Crippen LogP contribution in [-0.4, -0.2) is 37.5 Å². The maximum absolute atomic E-state index is 11.4. The van der Waals surface area contributed by atoms with Crippen molar-refractivity contribution in [2.45, 2.75) is 19.8 Å². The van der Waals surface area contributed by atoms with Gasteiger partial charge in [-0.15, -0.1) is 0 Å². The summed E-state index contributed by atoms with van der Waals surface area (Å²) in [6, 6.07) is 0. The van der Waals surface area contributed by atoms with Crippen molar-refractivity contribution in [1.29, 1.82) is 0 Å². The Morgan fingerprint density at radius 1 is 1.67 bits per heavy atom. The van der Waals surface area contributed by atoms with Gasteiger partial charge in [0.15, 0.2) is 0 Å². The number of nitrogens with zero attached hydrogens (tertiary/aromatic N) is 1. The number of likely N-dealkylation sites (tertiary alicyclic amines) is 1. The van der Waals surface area contributed by atoms with Crippen molar-refractivity contribution in [3.05, 3.63) is 0 Å². The fourth-order valence-electron chi connectivity index (χ4n) is 1.54. The molecule has 1 atom stereocenters. The Balaban J connectivity index is 2.23. The SMILES string of the molecule is CCCNC(=O)C1CCN(C)C1. The van der Waals surface area contributed by atoms with E-state index in [1.807, 2.05) is 0 Å². The maximum atomic E-state index is 11.4. The second-order valence-electron chi connectivity index (χ2n) is 3.54. The van der Waals surface area contributed by atoms with Crippen LogP contribution in [0.1, 0.15) is 19.8 Å². The molecular formula is C9H18N2O. The molecule has 1 heterocycles. The molecule has 0 aromatic heterocycles. The van der Waals surface area contributed by atoms with Gasteiger partial charge in [-0.1, -0.05) is 6.92 Å². The first kappa shape index (κ1) is 9.52. The predicted molar refractivity (Wildman–Crippen MR) is 48.9 cm³/mol. The van der Waals surface area contributed by atoms with Crippen LogP contribution >= 0.6 is 0 Å². The molecule has 0 aromatic carbocycles. The van der Waals surface area contributed by atoms with Gasteiger partial charge in [-0.2, -0.15) is 0 Å². The number of nitrogens with one attached hydrogen (secondary N) is 1. The summed E-state index contributed by atoms with van der Waals surface area (Å²) < 4.78 is 0. The summed E-state index contributed by atoms with van der Waals surface area (Å²) in [7, 11) is 2.06. The molecule has 3 heteroatoms. The molecule has 0 aliphatic carbocycles. The van der Waals surface area contributed by atoms with Crippen LogP contribution in [0, 0.1) is 5.92 Å². The zero-order chi connectivity index (χ0) is 8.97. The van der Waals surface area contributed by atoms with Crippen molar-refractivity contribution < 1.29 is 4.79 Å². The minimum atomic E-state index is 0.237. The highest BCUT2D eigenvalue weighted by molar-refractivity contribution is 5.79. The number of rotatable bonds is 3. The maximum Gasteiger partial charge on any atom is 0.224 e. The van der Waals surface area contributed by atoms with Gasteiger partial charge in [0.2, 0.25) is 5.91 Å². The van der Waals surface area contributed by atoms with Crippen LogP contribution in [-0.2, 0) is 4.79 Å². The van der Waals surface area contributed by atoms with Gasteiger partial charge in [0.25, 0.3) is 0 Å². The van der Waals surface area contributed by atoms with E-state index in [1.54, 1.807) is 0 Å². The Labute approximate surface area is 74.1 Å². The van der Waals surface area contributed by atoms with Crippen LogP contribution in [0.25, 0.3) is 0 Å². The summed E-state index contributed by atoms with van der Waals surface area (Å²) >= 11 is 0. The lowest BCUT2D eigenvalue weighted by atomic mass is 10.1. The topological polar surface area (TPSA) is 32.3 Å². The number of hydrogen-bond donors (Lipinski definition) is 1. The number of carbonyl (C=O) groups is 1. The van der Waals surface area contributed by atoms with E-state index in [4.69, 9.17) is 0 Å². The van der Waals surface area contributed by atoms with Gasteiger partial charge in [0.1, 0.15) is 0 Å². The summed E-state index contributed by atoms with van der Waals surface area (Å²) in [5, 5.41) is 2.93. The molecule has 0 radical (unpaired) electrons. The number of hydrogen-bond acceptors (Lipinski definition) is 2. The first-order chi connectivity index (χ1) is 5.74. The quantitative estimate of drug-likeness (QED) is 0.667. The molecule has 1 aliphatic rings. The van der Waals surface area contributed by atoms with Crippen LogP contribution < -0.4 is 5.32 Å². The van der Waals surface area contributed by atoms with E-state index in [-0.39, 0.29) is 11.8 Å². The third-order valence-corrected chi connectivity index (χ3v) is 2.31. The third kappa shape index (κ3) is 2.48. The predicted octanol–water partition coefficient (Wildman–Crippen LogP) is 0.464. The number of carbonyl (C=O) groups excluding carboxylic acids is 1. The fourth-order valence-corrected chi connectivity index (χ4v) is 1.54. The molecule has 0 saturated carbocycles. The van der Waals surface area contributed by atoms with Crippen molar-refractivity contribution in [1.82, 2.24) is 10.2 Å². The largest absolute Gasteiger partial charge is 0.356 e. The first-order valence-corrected chi connectivity index (χ1v) is 4.70. The molecular weight excluding hydrogens is 152 g/mol. The summed E-state index contributed by atoms with van der Waals surface area (Å²) in [6.07, 6.45) is 2.04.